The first-order chi connectivity index (χ1) is 16.1. The maximum Gasteiger partial charge on any atom is 0.274 e. The largest absolute Gasteiger partial charge is 0.496 e. The fraction of sp³-hybridized carbons (Fsp3) is 0.385. The van der Waals surface area contributed by atoms with Crippen molar-refractivity contribution in [2.24, 2.45) is 0 Å². The van der Waals surface area contributed by atoms with Crippen LogP contribution in [0, 0.1) is 0 Å². The Kier molecular flexibility index (Phi) is 5.98. The monoisotopic (exact) mass is 463 g/mol. The number of thiophene rings is 1. The third-order valence-corrected chi connectivity index (χ3v) is 6.90. The lowest BCUT2D eigenvalue weighted by Gasteiger charge is -2.23. The average molecular weight is 464 g/mol. The van der Waals surface area contributed by atoms with Crippen LogP contribution in [0.25, 0.3) is 23.0 Å². The topological polar surface area (TPSA) is 56.6 Å². The molecule has 0 N–H and O–H groups in total. The maximum atomic E-state index is 13.6. The molecule has 7 heteroatoms. The van der Waals surface area contributed by atoms with Gasteiger partial charge in [-0.2, -0.15) is 16.4 Å². The molecule has 1 fully saturated rings. The number of allylic oxidation sites excluding steroid dienone is 1. The molecular formula is C26H29N3O3S. The molecule has 6 nitrogen and oxygen atoms in total. The Balaban J connectivity index is 1.68. The predicted molar refractivity (Wildman–Crippen MR) is 131 cm³/mol. The van der Waals surface area contributed by atoms with Crippen LogP contribution in [0.5, 0.6) is 11.5 Å². The second-order valence-electron chi connectivity index (χ2n) is 8.88. The van der Waals surface area contributed by atoms with Crippen LogP contribution in [0.4, 0.5) is 0 Å². The number of fused-ring (bicyclic) bond motifs is 3. The Hall–Kier alpha value is -3.06. The van der Waals surface area contributed by atoms with Gasteiger partial charge in [0.05, 0.1) is 18.5 Å². The standard InChI is InChI=1S/C26H29N3O3S/c1-17(2)12-18-13-20-23(14-22(18)31-3)32-15-21-24(26(30)28-9-6-4-5-7-10-28)27-29(25(20)21)19-8-11-33-16-19/h8,11-14,16H,4-7,9-10,15H2,1-3H3. The number of aromatic nitrogens is 2. The van der Waals surface area contributed by atoms with Gasteiger partial charge in [0.1, 0.15) is 18.1 Å². The summed E-state index contributed by atoms with van der Waals surface area (Å²) < 4.78 is 13.7. The minimum Gasteiger partial charge on any atom is -0.496 e. The van der Waals surface area contributed by atoms with E-state index in [0.717, 1.165) is 65.5 Å². The molecule has 172 valence electrons. The summed E-state index contributed by atoms with van der Waals surface area (Å²) in [5.74, 6) is 1.52. The highest BCUT2D eigenvalue weighted by Gasteiger charge is 2.33. The van der Waals surface area contributed by atoms with Crippen LogP contribution in [-0.2, 0) is 6.61 Å². The molecule has 4 heterocycles. The van der Waals surface area contributed by atoms with Crippen molar-refractivity contribution in [1.29, 1.82) is 0 Å². The molecule has 0 unspecified atom stereocenters. The first-order valence-electron chi connectivity index (χ1n) is 11.5. The first kappa shape index (κ1) is 21.8. The summed E-state index contributed by atoms with van der Waals surface area (Å²) in [5.41, 5.74) is 6.33. The molecule has 2 aliphatic heterocycles. The highest BCUT2D eigenvalue weighted by atomic mass is 32.1. The maximum absolute atomic E-state index is 13.6. The normalized spacial score (nSPS) is 15.2. The number of hydrogen-bond acceptors (Lipinski definition) is 5. The molecule has 33 heavy (non-hydrogen) atoms. The molecule has 1 saturated heterocycles. The van der Waals surface area contributed by atoms with Crippen molar-refractivity contribution in [2.75, 3.05) is 20.2 Å². The number of hydrogen-bond donors (Lipinski definition) is 0. The van der Waals surface area contributed by atoms with E-state index in [-0.39, 0.29) is 5.91 Å². The van der Waals surface area contributed by atoms with Crippen LogP contribution >= 0.6 is 11.3 Å². The summed E-state index contributed by atoms with van der Waals surface area (Å²) in [6, 6.07) is 6.06. The molecule has 3 aromatic rings. The number of ether oxygens (including phenoxy) is 2. The van der Waals surface area contributed by atoms with Crippen molar-refractivity contribution in [3.05, 3.63) is 51.4 Å². The number of rotatable bonds is 4. The number of carbonyl (C=O) groups excluding carboxylic acids is 1. The third-order valence-electron chi connectivity index (χ3n) is 6.23. The Labute approximate surface area is 198 Å². The van der Waals surface area contributed by atoms with Crippen molar-refractivity contribution in [1.82, 2.24) is 14.7 Å². The summed E-state index contributed by atoms with van der Waals surface area (Å²) in [6.45, 7) is 6.02. The minimum atomic E-state index is 0.00668. The van der Waals surface area contributed by atoms with Crippen LogP contribution < -0.4 is 9.47 Å². The van der Waals surface area contributed by atoms with Crippen molar-refractivity contribution >= 4 is 23.3 Å². The van der Waals surface area contributed by atoms with Gasteiger partial charge in [0.25, 0.3) is 5.91 Å². The highest BCUT2D eigenvalue weighted by Crippen LogP contribution is 2.44. The number of benzene rings is 1. The second-order valence-corrected chi connectivity index (χ2v) is 9.66. The fourth-order valence-corrected chi connectivity index (χ4v) is 5.27. The van der Waals surface area contributed by atoms with Gasteiger partial charge in [-0.25, -0.2) is 4.68 Å². The van der Waals surface area contributed by atoms with E-state index < -0.39 is 0 Å². The summed E-state index contributed by atoms with van der Waals surface area (Å²) in [5, 5.41) is 8.97. The summed E-state index contributed by atoms with van der Waals surface area (Å²) >= 11 is 1.62. The van der Waals surface area contributed by atoms with Crippen molar-refractivity contribution in [3.8, 4) is 28.4 Å². The lowest BCUT2D eigenvalue weighted by molar-refractivity contribution is 0.0752. The highest BCUT2D eigenvalue weighted by molar-refractivity contribution is 7.08. The van der Waals surface area contributed by atoms with Gasteiger partial charge >= 0.3 is 0 Å². The molecule has 2 aromatic heterocycles. The van der Waals surface area contributed by atoms with E-state index in [2.05, 4.69) is 31.4 Å². The number of amides is 1. The van der Waals surface area contributed by atoms with E-state index in [4.69, 9.17) is 14.6 Å². The van der Waals surface area contributed by atoms with Gasteiger partial charge in [0, 0.05) is 41.2 Å². The zero-order valence-corrected chi connectivity index (χ0v) is 20.2. The smallest absolute Gasteiger partial charge is 0.274 e. The van der Waals surface area contributed by atoms with Crippen LogP contribution in [0.15, 0.2) is 34.5 Å². The summed E-state index contributed by atoms with van der Waals surface area (Å²) in [7, 11) is 1.67. The molecule has 0 spiro atoms. The molecule has 1 aromatic carbocycles. The minimum absolute atomic E-state index is 0.00668. The molecule has 2 aliphatic rings. The van der Waals surface area contributed by atoms with Crippen molar-refractivity contribution in [3.63, 3.8) is 0 Å². The number of carbonyl (C=O) groups is 1. The van der Waals surface area contributed by atoms with E-state index in [9.17, 15) is 4.79 Å². The lowest BCUT2D eigenvalue weighted by Crippen LogP contribution is -2.33. The van der Waals surface area contributed by atoms with Crippen LogP contribution in [0.2, 0.25) is 0 Å². The number of nitrogens with zero attached hydrogens (tertiary/aromatic N) is 3. The van der Waals surface area contributed by atoms with Crippen molar-refractivity contribution < 1.29 is 14.3 Å². The molecule has 0 atom stereocenters. The van der Waals surface area contributed by atoms with E-state index in [1.54, 1.807) is 18.4 Å². The Bertz CT molecular complexity index is 1200. The summed E-state index contributed by atoms with van der Waals surface area (Å²) in [4.78, 5) is 15.6. The van der Waals surface area contributed by atoms with E-state index >= 15 is 0 Å². The van der Waals surface area contributed by atoms with Gasteiger partial charge in [0.2, 0.25) is 0 Å². The fourth-order valence-electron chi connectivity index (χ4n) is 4.66. The Morgan fingerprint density at radius 1 is 1.18 bits per heavy atom. The van der Waals surface area contributed by atoms with E-state index in [0.29, 0.717) is 12.3 Å². The van der Waals surface area contributed by atoms with Crippen LogP contribution in [0.3, 0.4) is 0 Å². The van der Waals surface area contributed by atoms with Crippen LogP contribution in [0.1, 0.15) is 61.1 Å². The van der Waals surface area contributed by atoms with Gasteiger partial charge in [-0.05, 0) is 44.2 Å². The van der Waals surface area contributed by atoms with Crippen LogP contribution in [-0.4, -0.2) is 40.8 Å². The zero-order chi connectivity index (χ0) is 22.9. The van der Waals surface area contributed by atoms with Gasteiger partial charge < -0.3 is 14.4 Å². The number of methoxy groups -OCH3 is 1. The molecular weight excluding hydrogens is 434 g/mol. The molecule has 1 amide bonds. The quantitative estimate of drug-likeness (QED) is 0.480. The van der Waals surface area contributed by atoms with Gasteiger partial charge in [-0.15, -0.1) is 0 Å². The second kappa shape index (κ2) is 9.06. The SMILES string of the molecule is COc1cc2c(cc1C=C(C)C)-c1c(c(C(=O)N3CCCCCC3)nn1-c1ccsc1)CO2. The Morgan fingerprint density at radius 2 is 1.97 bits per heavy atom. The van der Waals surface area contributed by atoms with E-state index in [1.165, 1.54) is 18.4 Å². The molecule has 5 rings (SSSR count). The molecule has 0 saturated carbocycles. The zero-order valence-electron chi connectivity index (χ0n) is 19.4. The van der Waals surface area contributed by atoms with Gasteiger partial charge in [-0.3, -0.25) is 4.79 Å². The average Bonchev–Trinajstić information content (AvgIpc) is 3.38. The van der Waals surface area contributed by atoms with Crippen molar-refractivity contribution in [2.45, 2.75) is 46.1 Å². The van der Waals surface area contributed by atoms with E-state index in [1.807, 2.05) is 27.1 Å². The predicted octanol–water partition coefficient (Wildman–Crippen LogP) is 5.94. The lowest BCUT2D eigenvalue weighted by atomic mass is 9.98. The first-order valence-corrected chi connectivity index (χ1v) is 12.4. The Morgan fingerprint density at radius 3 is 2.64 bits per heavy atom. The summed E-state index contributed by atoms with van der Waals surface area (Å²) in [6.07, 6.45) is 6.55. The molecule has 0 radical (unpaired) electrons. The molecule has 0 aliphatic carbocycles. The number of likely N-dealkylation sites (tertiary alicyclic amines) is 1. The third kappa shape index (κ3) is 4.06. The van der Waals surface area contributed by atoms with Gasteiger partial charge in [-0.1, -0.05) is 24.5 Å². The van der Waals surface area contributed by atoms with Gasteiger partial charge in [0.15, 0.2) is 5.69 Å². The molecule has 0 bridgehead atoms.